The van der Waals surface area contributed by atoms with Crippen LogP contribution in [-0.4, -0.2) is 380 Å². The van der Waals surface area contributed by atoms with E-state index in [0.29, 0.717) is 31.7 Å². The van der Waals surface area contributed by atoms with Crippen molar-refractivity contribution in [3.63, 3.8) is 0 Å². The molecule has 38 atom stereocenters. The number of benzene rings is 2. The molecule has 0 unspecified atom stereocenters. The number of fused-ring (bicyclic) bond motifs is 3. The van der Waals surface area contributed by atoms with Crippen LogP contribution in [0.25, 0.3) is 11.1 Å². The second kappa shape index (κ2) is 50.3. The third kappa shape index (κ3) is 30.6. The Hall–Kier alpha value is -4.63. The van der Waals surface area contributed by atoms with Gasteiger partial charge in [0.25, 0.3) is 0 Å². The van der Waals surface area contributed by atoms with Gasteiger partial charge in [0.2, 0.25) is 0 Å². The van der Waals surface area contributed by atoms with Crippen molar-refractivity contribution in [1.29, 1.82) is 0 Å². The summed E-state index contributed by atoms with van der Waals surface area (Å²) in [5.74, 6) is -6.91. The third-order valence-corrected chi connectivity index (χ3v) is 33.2. The summed E-state index contributed by atoms with van der Waals surface area (Å²) in [4.78, 5) is 79.5. The summed E-state index contributed by atoms with van der Waals surface area (Å²) in [7, 11) is 14.2. The molecule has 9 rings (SSSR count). The van der Waals surface area contributed by atoms with E-state index in [1.165, 1.54) is 39.8 Å². The van der Waals surface area contributed by atoms with E-state index in [1.54, 1.807) is 102 Å². The van der Waals surface area contributed by atoms with Gasteiger partial charge in [-0.15, -0.1) is 0 Å². The monoisotopic (exact) mass is 2040 g/mol. The molecule has 0 saturated carbocycles. The molecule has 0 radical (unpaired) electrons. The Morgan fingerprint density at radius 2 is 0.887 bits per heavy atom. The first-order valence-corrected chi connectivity index (χ1v) is 52.9. The number of hydrogen-bond acceptors (Lipinski definition) is 35. The first kappa shape index (κ1) is 122. The largest absolute Gasteiger partial charge is 0.459 e. The Morgan fingerprint density at radius 3 is 1.24 bits per heavy atom. The van der Waals surface area contributed by atoms with Crippen molar-refractivity contribution in [2.45, 2.75) is 439 Å². The number of ether oxygens (including phenoxy) is 15. The predicted molar refractivity (Wildman–Crippen MR) is 540 cm³/mol. The van der Waals surface area contributed by atoms with E-state index in [4.69, 9.17) is 76.8 Å². The average Bonchev–Trinajstić information content (AvgIpc) is 1.63. The molecule has 6 fully saturated rings. The Labute approximate surface area is 848 Å². The molecule has 1 aliphatic carbocycles. The number of aliphatic hydroxyl groups is 8. The van der Waals surface area contributed by atoms with Gasteiger partial charge in [0.05, 0.1) is 95.2 Å². The molecule has 0 aromatic heterocycles. The van der Waals surface area contributed by atoms with Gasteiger partial charge < -0.3 is 143 Å². The second-order valence-electron chi connectivity index (χ2n) is 45.6. The fourth-order valence-corrected chi connectivity index (χ4v) is 23.5. The van der Waals surface area contributed by atoms with Gasteiger partial charge in [0, 0.05) is 91.0 Å². The molecule has 36 heteroatoms. The number of alkyl carbamates (subject to hydrolysis) is 1. The molecule has 6 aliphatic heterocycles. The third-order valence-electron chi connectivity index (χ3n) is 30.5. The van der Waals surface area contributed by atoms with Crippen molar-refractivity contribution in [2.24, 2.45) is 41.2 Å². The maximum absolute atomic E-state index is 14.9. The quantitative estimate of drug-likeness (QED) is 0.0326. The Kier molecular flexibility index (Phi) is 43.4. The van der Waals surface area contributed by atoms with Crippen molar-refractivity contribution in [3.8, 4) is 11.1 Å². The van der Waals surface area contributed by atoms with Crippen LogP contribution >= 0.6 is 23.5 Å². The minimum absolute atomic E-state index is 0.0387. The minimum atomic E-state index is -1.88. The van der Waals surface area contributed by atoms with E-state index >= 15 is 0 Å². The fraction of sp³-hybridized carbons (Fsp3) is 0.838. The van der Waals surface area contributed by atoms with Crippen molar-refractivity contribution in [3.05, 3.63) is 59.7 Å². The molecule has 0 spiro atoms. The van der Waals surface area contributed by atoms with Gasteiger partial charge in [-0.2, -0.15) is 23.5 Å². The summed E-state index contributed by atoms with van der Waals surface area (Å²) in [5, 5.41) is 98.4. The van der Waals surface area contributed by atoms with E-state index in [9.17, 15) is 64.8 Å². The van der Waals surface area contributed by atoms with Crippen molar-refractivity contribution < 1.29 is 136 Å². The lowest BCUT2D eigenvalue weighted by molar-refractivity contribution is -0.319. The Balaban J connectivity index is 0.000000356. The molecule has 1 amide bonds. The van der Waals surface area contributed by atoms with Gasteiger partial charge >= 0.3 is 30.0 Å². The van der Waals surface area contributed by atoms with Crippen LogP contribution in [0.1, 0.15) is 248 Å². The van der Waals surface area contributed by atoms with Gasteiger partial charge in [-0.1, -0.05) is 132 Å². The van der Waals surface area contributed by atoms with Gasteiger partial charge in [-0.25, -0.2) is 9.59 Å². The summed E-state index contributed by atoms with van der Waals surface area (Å²) in [6, 6.07) is 12.0. The number of aliphatic hydroxyl groups excluding tert-OH is 4. The summed E-state index contributed by atoms with van der Waals surface area (Å²) in [6.45, 7) is 48.0. The molecule has 6 heterocycles. The molecule has 2 aromatic carbocycles. The van der Waals surface area contributed by atoms with Crippen LogP contribution in [0.15, 0.2) is 48.5 Å². The van der Waals surface area contributed by atoms with Gasteiger partial charge in [-0.3, -0.25) is 14.4 Å². The molecule has 0 bridgehead atoms. The van der Waals surface area contributed by atoms with Crippen LogP contribution < -0.4 is 11.1 Å². The molecule has 11 N–H and O–H groups in total. The highest BCUT2D eigenvalue weighted by Crippen LogP contribution is 2.48. The van der Waals surface area contributed by atoms with Crippen LogP contribution in [0.4, 0.5) is 4.79 Å². The number of nitrogens with one attached hydrogen (secondary N) is 1. The van der Waals surface area contributed by atoms with Crippen LogP contribution in [0.2, 0.25) is 0 Å². The summed E-state index contributed by atoms with van der Waals surface area (Å²) < 4.78 is 95.9. The highest BCUT2D eigenvalue weighted by Gasteiger charge is 2.58. The number of nitrogens with two attached hydrogens (primary N) is 1. The van der Waals surface area contributed by atoms with Crippen molar-refractivity contribution in [2.75, 3.05) is 87.7 Å². The van der Waals surface area contributed by atoms with Crippen LogP contribution in [-0.2, 0) is 90.2 Å². The second-order valence-corrected chi connectivity index (χ2v) is 49.3. The number of likely N-dealkylation sites (N-methyl/N-ethyl adjacent to an activating group) is 4. The highest BCUT2D eigenvalue weighted by atomic mass is 32.2. The van der Waals surface area contributed by atoms with E-state index in [2.05, 4.69) is 17.4 Å². The summed E-state index contributed by atoms with van der Waals surface area (Å²) in [6.07, 6.45) is -19.4. The SMILES string of the molecule is CC[C@H]1OC(=O)[C@H](C)[C@@H](O[C@H]2C[C@@](C)(OC)[C@@H](O)[C@H](C)O2)[C@H](C)[C@@H](O[C@@H]2O[C@H](C)C[C@H](N(C)C)[C@H]2OC(=O)[C@@H](N)CSC(C)(C)C)[C@](C)(O)C[C@@H](C)CN(C)[C@H](C)[C@@H](O)[C@]1(C)O.CC[C@H]1OC(=O)[C@H](C)[C@@H](O[C@H]2C[C@@](C)(OC)[C@@H](O)[C@H](C)O2)[C@H](C)[C@@H](O[C@@H]2O[C@H](C)C[C@H](N(C)C)[C@H]2OC(=O)[C@H](CSC(C)(C)C)NC(=O)OCC2c3ccccc3-c3ccccc32)[C@](C)(O)C[C@@H](C)CN(C)[C@H](C)[C@@H](O)[C@]1(C)O. The molecule has 34 nitrogen and oxygen atoms in total. The van der Waals surface area contributed by atoms with Gasteiger partial charge in [-0.05, 0) is 212 Å². The maximum atomic E-state index is 14.9. The lowest BCUT2D eigenvalue weighted by atomic mass is 9.77. The molecule has 6 saturated heterocycles. The van der Waals surface area contributed by atoms with Crippen LogP contribution in [0.3, 0.4) is 0 Å². The lowest BCUT2D eigenvalue weighted by Crippen LogP contribution is -2.61. The van der Waals surface area contributed by atoms with E-state index < -0.39 is 234 Å². The Morgan fingerprint density at radius 1 is 0.525 bits per heavy atom. The number of rotatable bonds is 25. The van der Waals surface area contributed by atoms with Crippen LogP contribution in [0.5, 0.6) is 0 Å². The number of amides is 1. The van der Waals surface area contributed by atoms with Gasteiger partial charge in [0.1, 0.15) is 66.5 Å². The number of hydrogen-bond donors (Lipinski definition) is 10. The van der Waals surface area contributed by atoms with Crippen LogP contribution in [0, 0.1) is 35.5 Å². The van der Waals surface area contributed by atoms with E-state index in [1.807, 2.05) is 174 Å². The molecule has 810 valence electrons. The first-order valence-electron chi connectivity index (χ1n) is 50.9. The average molecular weight is 2040 g/mol. The first-order chi connectivity index (χ1) is 65.2. The number of methoxy groups -OCH3 is 2. The normalized spacial score (nSPS) is 40.6. The number of nitrogens with zero attached hydrogens (tertiary/aromatic N) is 4. The highest BCUT2D eigenvalue weighted by molar-refractivity contribution is 8.00. The fourth-order valence-electron chi connectivity index (χ4n) is 21.8. The summed E-state index contributed by atoms with van der Waals surface area (Å²) >= 11 is 3.03. The van der Waals surface area contributed by atoms with Crippen molar-refractivity contribution >= 4 is 53.5 Å². The zero-order chi connectivity index (χ0) is 106. The molecular formula is C105H180N6O28S2. The number of esters is 4. The van der Waals surface area contributed by atoms with E-state index in [0.717, 1.165) is 22.3 Å². The smallest absolute Gasteiger partial charge is 0.407 e. The summed E-state index contributed by atoms with van der Waals surface area (Å²) in [5.41, 5.74) is 1.43. The molecular weight excluding hydrogens is 1860 g/mol. The lowest BCUT2D eigenvalue weighted by Gasteiger charge is -2.49. The zero-order valence-corrected chi connectivity index (χ0v) is 92.4. The molecule has 7 aliphatic rings. The molecule has 141 heavy (non-hydrogen) atoms. The standard InChI is InChI=1S/C60H95N3O15S.C45H85N3O13S/c1-18-46-60(13,70)50(64)37(6)63(16)30-33(2)28-58(11,69)52(35(4)48(36(5)53(66)75-46)76-47-29-59(12,71-17)51(65)38(7)74-47)78-55-49(45(62(14)15)27-34(3)73-55)77-54(67)44(32-79-57(8,9)10)61-56(68)72-31-43-41-25-21-19-23-39(41)40-24-20-22-26-42(40)43;1-18-32-45(13,54)36(49)28(6)48(16)22-24(2)20-43(11,53)38(26(4)34(27(5)39(51)58-32)59-33-21-44(12,55-17)37(50)29(7)57-33)61-41-35(31(47(14)15)19-25(3)56-41)60-40(52)30(46)23-62-42(8,9)10/h19-26,33-38,43-52,55,64-65,69-70H,18,27-32H2,1-17H3,(H,61,68);24-38,41,49-50,53-54H,18-23,46H2,1-17H3/t33-,34-,35+,36-,37-,38+,44+,45+,46-,47+,48+,49-,50-,51+,52-,55+,58-,59-,60-;24-,25-,26+,27-,28-,29+,30+,31+,32-,33+,34+,35-,36-,37+,38-,41+,43-,44-,45-/m11/s1. The topological polar surface area (TPSA) is 437 Å². The molecule has 2 aromatic rings. The van der Waals surface area contributed by atoms with Gasteiger partial charge in [0.15, 0.2) is 37.4 Å². The maximum Gasteiger partial charge on any atom is 0.407 e. The van der Waals surface area contributed by atoms with E-state index in [-0.39, 0.29) is 90.3 Å². The number of carbonyl (C=O) groups excluding carboxylic acids is 5. The zero-order valence-electron chi connectivity index (χ0n) is 90.8. The minimum Gasteiger partial charge on any atom is -0.459 e. The number of cyclic esters (lactones) is 2. The number of thioether (sulfide) groups is 2. The Bertz CT molecular complexity index is 4250. The predicted octanol–water partition coefficient (Wildman–Crippen LogP) is 10.2. The van der Waals surface area contributed by atoms with Crippen molar-refractivity contribution in [1.82, 2.24) is 24.9 Å². The number of carbonyl (C=O) groups is 5.